The van der Waals surface area contributed by atoms with Crippen LogP contribution < -0.4 is 10.5 Å². The van der Waals surface area contributed by atoms with Crippen molar-refractivity contribution < 1.29 is 22.6 Å². The normalized spacial score (nSPS) is 20.5. The molecule has 1 aliphatic rings. The molecule has 1 saturated heterocycles. The fraction of sp³-hybridized carbons (Fsp3) is 0.423. The van der Waals surface area contributed by atoms with Crippen LogP contribution in [0.15, 0.2) is 48.7 Å². The second-order valence-corrected chi connectivity index (χ2v) is 9.94. The van der Waals surface area contributed by atoms with Crippen LogP contribution >= 0.6 is 0 Å². The summed E-state index contributed by atoms with van der Waals surface area (Å²) in [6.45, 7) is 4.50. The molecule has 2 N–H and O–H groups in total. The maximum atomic E-state index is 14.3. The van der Waals surface area contributed by atoms with Gasteiger partial charge in [0.05, 0.1) is 11.6 Å². The molecule has 0 saturated carbocycles. The van der Waals surface area contributed by atoms with Crippen LogP contribution in [0.2, 0.25) is 0 Å². The largest absolute Gasteiger partial charge is 0.491 e. The molecule has 37 heavy (non-hydrogen) atoms. The summed E-state index contributed by atoms with van der Waals surface area (Å²) in [6, 6.07) is 10.4. The van der Waals surface area contributed by atoms with E-state index in [2.05, 4.69) is 10.2 Å². The van der Waals surface area contributed by atoms with Crippen molar-refractivity contribution >= 4 is 16.6 Å². The number of pyridine rings is 2. The summed E-state index contributed by atoms with van der Waals surface area (Å²) in [5, 5.41) is 9.28. The van der Waals surface area contributed by atoms with E-state index < -0.39 is 17.8 Å². The molecule has 3 unspecified atom stereocenters. The molecule has 0 aliphatic carbocycles. The summed E-state index contributed by atoms with van der Waals surface area (Å²) in [5.41, 5.74) is 7.16. The highest BCUT2D eigenvalue weighted by Crippen LogP contribution is 2.41. The Hall–Kier alpha value is -3.28. The van der Waals surface area contributed by atoms with Gasteiger partial charge in [0.15, 0.2) is 11.5 Å². The summed E-state index contributed by atoms with van der Waals surface area (Å²) in [7, 11) is 1.62. The Balaban J connectivity index is 1.51. The number of benzene rings is 1. The number of halogens is 3. The number of ether oxygens (including phenoxy) is 2. The van der Waals surface area contributed by atoms with E-state index >= 15 is 0 Å². The summed E-state index contributed by atoms with van der Waals surface area (Å²) in [5.74, 6) is 0.990. The second kappa shape index (κ2) is 9.55. The van der Waals surface area contributed by atoms with Gasteiger partial charge in [-0.1, -0.05) is 12.1 Å². The molecule has 1 aromatic carbocycles. The third kappa shape index (κ3) is 5.25. The van der Waals surface area contributed by atoms with Crippen molar-refractivity contribution in [2.45, 2.75) is 44.1 Å². The number of aromatic nitrogens is 4. The first-order chi connectivity index (χ1) is 17.5. The first-order valence-electron chi connectivity index (χ1n) is 12.1. The van der Waals surface area contributed by atoms with E-state index in [1.165, 1.54) is 17.2 Å². The van der Waals surface area contributed by atoms with Crippen LogP contribution in [0.25, 0.3) is 28.1 Å². The van der Waals surface area contributed by atoms with Gasteiger partial charge in [0.25, 0.3) is 0 Å². The van der Waals surface area contributed by atoms with Gasteiger partial charge in [-0.25, -0.2) is 4.98 Å². The number of alkyl halides is 3. The smallest absolute Gasteiger partial charge is 0.408 e. The minimum atomic E-state index is -4.47. The van der Waals surface area contributed by atoms with Crippen molar-refractivity contribution in [2.24, 2.45) is 5.73 Å². The number of nitrogens with zero attached hydrogens (tertiary/aromatic N) is 5. The SMILES string of the molecule is COC(C)COc1ccc2ccc(-c3nnc4ccc(C(N5CCC(C)(N)C5)C(F)(F)F)cn34)nc2c1. The molecule has 1 fully saturated rings. The molecule has 196 valence electrons. The zero-order chi connectivity index (χ0) is 26.4. The van der Waals surface area contributed by atoms with Crippen LogP contribution in [0.4, 0.5) is 13.2 Å². The Morgan fingerprint density at radius 2 is 1.92 bits per heavy atom. The van der Waals surface area contributed by atoms with E-state index in [0.717, 1.165) is 5.39 Å². The fourth-order valence-corrected chi connectivity index (χ4v) is 4.68. The molecule has 0 amide bonds. The number of hydrogen-bond donors (Lipinski definition) is 1. The molecular formula is C26H29F3N6O2. The van der Waals surface area contributed by atoms with Crippen molar-refractivity contribution in [1.82, 2.24) is 24.5 Å². The Morgan fingerprint density at radius 1 is 1.14 bits per heavy atom. The van der Waals surface area contributed by atoms with E-state index in [4.69, 9.17) is 20.2 Å². The highest BCUT2D eigenvalue weighted by Gasteiger charge is 2.48. The van der Waals surface area contributed by atoms with Crippen molar-refractivity contribution in [2.75, 3.05) is 26.8 Å². The van der Waals surface area contributed by atoms with Crippen molar-refractivity contribution in [3.63, 3.8) is 0 Å². The maximum absolute atomic E-state index is 14.3. The molecule has 4 aromatic rings. The topological polar surface area (TPSA) is 90.8 Å². The second-order valence-electron chi connectivity index (χ2n) is 9.94. The Morgan fingerprint density at radius 3 is 2.62 bits per heavy atom. The standard InChI is InChI=1S/C26H29F3N6O2/c1-16(36-3)14-37-19-7-4-17-5-8-20(31-21(17)12-19)24-33-32-22-9-6-18(13-35(22)24)23(26(27,28)29)34-11-10-25(2,30)15-34/h4-9,12-13,16,23H,10-11,14-15,30H2,1-3H3. The molecule has 1 aliphatic heterocycles. The quantitative estimate of drug-likeness (QED) is 0.391. The van der Waals surface area contributed by atoms with Crippen molar-refractivity contribution in [3.8, 4) is 17.3 Å². The van der Waals surface area contributed by atoms with Gasteiger partial charge >= 0.3 is 6.18 Å². The van der Waals surface area contributed by atoms with E-state index in [1.807, 2.05) is 31.2 Å². The lowest BCUT2D eigenvalue weighted by atomic mass is 10.0. The number of rotatable bonds is 7. The lowest BCUT2D eigenvalue weighted by Crippen LogP contribution is -2.43. The van der Waals surface area contributed by atoms with Gasteiger partial charge in [0, 0.05) is 43.4 Å². The predicted octanol–water partition coefficient (Wildman–Crippen LogP) is 4.38. The van der Waals surface area contributed by atoms with Gasteiger partial charge in [-0.2, -0.15) is 13.2 Å². The molecule has 4 heterocycles. The highest BCUT2D eigenvalue weighted by atomic mass is 19.4. The third-order valence-corrected chi connectivity index (χ3v) is 6.73. The zero-order valence-electron chi connectivity index (χ0n) is 20.9. The predicted molar refractivity (Wildman–Crippen MR) is 133 cm³/mol. The number of methoxy groups -OCH3 is 1. The molecule has 8 nitrogen and oxygen atoms in total. The minimum Gasteiger partial charge on any atom is -0.491 e. The van der Waals surface area contributed by atoms with E-state index in [9.17, 15) is 13.2 Å². The van der Waals surface area contributed by atoms with Crippen LogP contribution in [0, 0.1) is 0 Å². The van der Waals surface area contributed by atoms with Crippen LogP contribution in [0.5, 0.6) is 5.75 Å². The van der Waals surface area contributed by atoms with Gasteiger partial charge in [-0.05, 0) is 50.1 Å². The zero-order valence-corrected chi connectivity index (χ0v) is 20.9. The number of likely N-dealkylation sites (tertiary alicyclic amines) is 1. The summed E-state index contributed by atoms with van der Waals surface area (Å²) < 4.78 is 55.3. The molecule has 0 bridgehead atoms. The first kappa shape index (κ1) is 25.4. The van der Waals surface area contributed by atoms with Gasteiger partial charge in [0.1, 0.15) is 24.1 Å². The Kier molecular flexibility index (Phi) is 6.55. The number of hydrogen-bond acceptors (Lipinski definition) is 7. The molecule has 3 aromatic heterocycles. The van der Waals surface area contributed by atoms with E-state index in [-0.39, 0.29) is 24.8 Å². The average molecular weight is 515 g/mol. The van der Waals surface area contributed by atoms with Crippen LogP contribution in [0.3, 0.4) is 0 Å². The third-order valence-electron chi connectivity index (χ3n) is 6.73. The molecule has 11 heteroatoms. The first-order valence-corrected chi connectivity index (χ1v) is 12.1. The fourth-order valence-electron chi connectivity index (χ4n) is 4.68. The van der Waals surface area contributed by atoms with Gasteiger partial charge < -0.3 is 15.2 Å². The van der Waals surface area contributed by atoms with Crippen molar-refractivity contribution in [1.29, 1.82) is 0 Å². The van der Waals surface area contributed by atoms with Crippen molar-refractivity contribution in [3.05, 3.63) is 54.2 Å². The van der Waals surface area contributed by atoms with Gasteiger partial charge in [0.2, 0.25) is 0 Å². The molecule has 5 rings (SSSR count). The highest BCUT2D eigenvalue weighted by molar-refractivity contribution is 5.82. The van der Waals surface area contributed by atoms with Gasteiger partial charge in [-0.3, -0.25) is 9.30 Å². The maximum Gasteiger partial charge on any atom is 0.408 e. The van der Waals surface area contributed by atoms with Crippen LogP contribution in [0.1, 0.15) is 31.9 Å². The van der Waals surface area contributed by atoms with Crippen LogP contribution in [-0.2, 0) is 4.74 Å². The lowest BCUT2D eigenvalue weighted by molar-refractivity contribution is -0.184. The number of fused-ring (bicyclic) bond motifs is 2. The Labute approximate surface area is 212 Å². The van der Waals surface area contributed by atoms with E-state index in [0.29, 0.717) is 41.5 Å². The monoisotopic (exact) mass is 514 g/mol. The Bertz CT molecular complexity index is 1420. The molecule has 0 spiro atoms. The average Bonchev–Trinajstić information content (AvgIpc) is 3.43. The minimum absolute atomic E-state index is 0.0637. The summed E-state index contributed by atoms with van der Waals surface area (Å²) in [4.78, 5) is 6.11. The molecular weight excluding hydrogens is 485 g/mol. The molecule has 3 atom stereocenters. The van der Waals surface area contributed by atoms with Crippen LogP contribution in [-0.4, -0.2) is 69.1 Å². The summed E-state index contributed by atoms with van der Waals surface area (Å²) >= 11 is 0. The van der Waals surface area contributed by atoms with Gasteiger partial charge in [-0.15, -0.1) is 10.2 Å². The number of nitrogens with two attached hydrogens (primary N) is 1. The molecule has 0 radical (unpaired) electrons. The van der Waals surface area contributed by atoms with E-state index in [1.54, 1.807) is 30.6 Å². The lowest BCUT2D eigenvalue weighted by Gasteiger charge is -2.31. The summed E-state index contributed by atoms with van der Waals surface area (Å²) in [6.07, 6.45) is -2.59.